The fourth-order valence-electron chi connectivity index (χ4n) is 2.97. The zero-order valence-corrected chi connectivity index (χ0v) is 13.8. The number of nitrogens with zero attached hydrogens (tertiary/aromatic N) is 2. The summed E-state index contributed by atoms with van der Waals surface area (Å²) in [6, 6.07) is 25.0. The van der Waals surface area contributed by atoms with E-state index in [2.05, 4.69) is 68.4 Å². The largest absolute Gasteiger partial charge is 0.228 e. The second-order valence-corrected chi connectivity index (χ2v) is 6.15. The van der Waals surface area contributed by atoms with Crippen LogP contribution in [-0.4, -0.2) is 9.97 Å². The van der Waals surface area contributed by atoms with Crippen molar-refractivity contribution >= 4 is 10.9 Å². The Morgan fingerprint density at radius 3 is 2.17 bits per heavy atom. The maximum absolute atomic E-state index is 4.91. The quantitative estimate of drug-likeness (QED) is 0.483. The minimum absolute atomic E-state index is 0.772. The van der Waals surface area contributed by atoms with Crippen LogP contribution in [0, 0.1) is 13.8 Å². The second kappa shape index (κ2) is 5.89. The Labute approximate surface area is 141 Å². The van der Waals surface area contributed by atoms with Crippen molar-refractivity contribution in [2.45, 2.75) is 13.8 Å². The lowest BCUT2D eigenvalue weighted by Crippen LogP contribution is -1.95. The third-order valence-corrected chi connectivity index (χ3v) is 4.17. The van der Waals surface area contributed by atoms with Crippen molar-refractivity contribution in [3.8, 4) is 22.6 Å². The van der Waals surface area contributed by atoms with Crippen LogP contribution in [0.1, 0.15) is 11.1 Å². The van der Waals surface area contributed by atoms with Gasteiger partial charge in [0.2, 0.25) is 0 Å². The lowest BCUT2D eigenvalue weighted by molar-refractivity contribution is 1.22. The van der Waals surface area contributed by atoms with E-state index < -0.39 is 0 Å². The number of rotatable bonds is 2. The van der Waals surface area contributed by atoms with E-state index in [4.69, 9.17) is 9.97 Å². The molecule has 0 aliphatic rings. The molecule has 0 unspecified atom stereocenters. The zero-order chi connectivity index (χ0) is 16.5. The van der Waals surface area contributed by atoms with Crippen LogP contribution in [0.2, 0.25) is 0 Å². The molecule has 0 bridgehead atoms. The van der Waals surface area contributed by atoms with Gasteiger partial charge in [-0.3, -0.25) is 0 Å². The van der Waals surface area contributed by atoms with Gasteiger partial charge >= 0.3 is 0 Å². The third-order valence-electron chi connectivity index (χ3n) is 4.17. The molecule has 116 valence electrons. The van der Waals surface area contributed by atoms with Gasteiger partial charge < -0.3 is 0 Å². The molecule has 3 aromatic carbocycles. The molecule has 2 nitrogen and oxygen atoms in total. The Kier molecular flexibility index (Phi) is 3.58. The number of aryl methyl sites for hydroxylation is 2. The van der Waals surface area contributed by atoms with Crippen molar-refractivity contribution in [1.29, 1.82) is 0 Å². The maximum Gasteiger partial charge on any atom is 0.160 e. The first-order valence-corrected chi connectivity index (χ1v) is 8.11. The average molecular weight is 310 g/mol. The van der Waals surface area contributed by atoms with Crippen molar-refractivity contribution in [1.82, 2.24) is 9.97 Å². The molecule has 0 aliphatic carbocycles. The van der Waals surface area contributed by atoms with Crippen LogP contribution in [-0.2, 0) is 0 Å². The van der Waals surface area contributed by atoms with E-state index >= 15 is 0 Å². The summed E-state index contributed by atoms with van der Waals surface area (Å²) in [6.07, 6.45) is 0. The fourth-order valence-corrected chi connectivity index (χ4v) is 2.97. The molecular formula is C22H18N2. The lowest BCUT2D eigenvalue weighted by Gasteiger charge is -2.10. The van der Waals surface area contributed by atoms with Crippen molar-refractivity contribution in [2.75, 3.05) is 0 Å². The Hall–Kier alpha value is -3.00. The van der Waals surface area contributed by atoms with E-state index in [1.165, 1.54) is 11.1 Å². The maximum atomic E-state index is 4.91. The minimum atomic E-state index is 0.772. The fraction of sp³-hybridized carbons (Fsp3) is 0.0909. The highest BCUT2D eigenvalue weighted by molar-refractivity contribution is 5.94. The van der Waals surface area contributed by atoms with Gasteiger partial charge in [-0.05, 0) is 32.0 Å². The Balaban J connectivity index is 2.03. The van der Waals surface area contributed by atoms with Crippen LogP contribution < -0.4 is 0 Å². The summed E-state index contributed by atoms with van der Waals surface area (Å²) in [6.45, 7) is 4.19. The summed E-state index contributed by atoms with van der Waals surface area (Å²) in [5.41, 5.74) is 6.55. The molecule has 0 atom stereocenters. The van der Waals surface area contributed by atoms with Gasteiger partial charge in [-0.15, -0.1) is 0 Å². The molecule has 1 aromatic heterocycles. The lowest BCUT2D eigenvalue weighted by atomic mass is 10.0. The molecule has 0 N–H and O–H groups in total. The Morgan fingerprint density at radius 1 is 0.625 bits per heavy atom. The van der Waals surface area contributed by atoms with Crippen LogP contribution in [0.25, 0.3) is 33.5 Å². The van der Waals surface area contributed by atoms with Crippen LogP contribution in [0.4, 0.5) is 0 Å². The van der Waals surface area contributed by atoms with E-state index in [0.29, 0.717) is 0 Å². The van der Waals surface area contributed by atoms with Crippen molar-refractivity contribution in [3.63, 3.8) is 0 Å². The van der Waals surface area contributed by atoms with Gasteiger partial charge in [0, 0.05) is 16.5 Å². The highest BCUT2D eigenvalue weighted by Gasteiger charge is 2.11. The summed E-state index contributed by atoms with van der Waals surface area (Å²) < 4.78 is 0. The van der Waals surface area contributed by atoms with Crippen LogP contribution >= 0.6 is 0 Å². The van der Waals surface area contributed by atoms with Crippen molar-refractivity contribution < 1.29 is 0 Å². The summed E-state index contributed by atoms with van der Waals surface area (Å²) in [5, 5.41) is 1.10. The smallest absolute Gasteiger partial charge is 0.160 e. The summed E-state index contributed by atoms with van der Waals surface area (Å²) in [4.78, 5) is 9.72. The number of hydrogen-bond donors (Lipinski definition) is 0. The van der Waals surface area contributed by atoms with E-state index in [-0.39, 0.29) is 0 Å². The van der Waals surface area contributed by atoms with E-state index in [9.17, 15) is 0 Å². The van der Waals surface area contributed by atoms with Crippen molar-refractivity contribution in [2.24, 2.45) is 0 Å². The highest BCUT2D eigenvalue weighted by atomic mass is 14.9. The molecule has 0 saturated carbocycles. The van der Waals surface area contributed by atoms with Crippen LogP contribution in [0.3, 0.4) is 0 Å². The first kappa shape index (κ1) is 14.6. The predicted molar refractivity (Wildman–Crippen MR) is 99.9 cm³/mol. The van der Waals surface area contributed by atoms with E-state index in [1.54, 1.807) is 0 Å². The molecule has 4 rings (SSSR count). The number of fused-ring (bicyclic) bond motifs is 1. The summed E-state index contributed by atoms with van der Waals surface area (Å²) in [5.74, 6) is 0.772. The molecule has 0 amide bonds. The second-order valence-electron chi connectivity index (χ2n) is 6.15. The van der Waals surface area contributed by atoms with Crippen LogP contribution in [0.15, 0.2) is 72.8 Å². The van der Waals surface area contributed by atoms with Gasteiger partial charge in [-0.25, -0.2) is 9.97 Å². The molecule has 4 aromatic rings. The van der Waals surface area contributed by atoms with Crippen molar-refractivity contribution in [3.05, 3.63) is 83.9 Å². The predicted octanol–water partition coefficient (Wildman–Crippen LogP) is 5.58. The van der Waals surface area contributed by atoms with Gasteiger partial charge in [-0.2, -0.15) is 0 Å². The Bertz CT molecular complexity index is 1020. The van der Waals surface area contributed by atoms with Gasteiger partial charge in [-0.1, -0.05) is 65.7 Å². The first-order valence-electron chi connectivity index (χ1n) is 8.11. The SMILES string of the molecule is Cc1cccc(-c2nc(-c3ccccc3)c3cc(C)ccc3n2)c1. The monoisotopic (exact) mass is 310 g/mol. The molecule has 1 heterocycles. The highest BCUT2D eigenvalue weighted by Crippen LogP contribution is 2.29. The molecule has 0 saturated heterocycles. The third kappa shape index (κ3) is 2.67. The van der Waals surface area contributed by atoms with Crippen LogP contribution in [0.5, 0.6) is 0 Å². The molecule has 0 aliphatic heterocycles. The molecule has 0 spiro atoms. The van der Waals surface area contributed by atoms with Gasteiger partial charge in [0.25, 0.3) is 0 Å². The van der Waals surface area contributed by atoms with E-state index in [0.717, 1.165) is 33.5 Å². The first-order chi connectivity index (χ1) is 11.7. The van der Waals surface area contributed by atoms with Gasteiger partial charge in [0.1, 0.15) is 0 Å². The summed E-state index contributed by atoms with van der Waals surface area (Å²) >= 11 is 0. The van der Waals surface area contributed by atoms with Gasteiger partial charge in [0.05, 0.1) is 11.2 Å². The van der Waals surface area contributed by atoms with Gasteiger partial charge in [0.15, 0.2) is 5.82 Å². The minimum Gasteiger partial charge on any atom is -0.228 e. The topological polar surface area (TPSA) is 25.8 Å². The molecule has 2 heteroatoms. The zero-order valence-electron chi connectivity index (χ0n) is 13.8. The van der Waals surface area contributed by atoms with E-state index in [1.807, 2.05) is 18.2 Å². The molecule has 0 fully saturated rings. The molecule has 24 heavy (non-hydrogen) atoms. The number of aromatic nitrogens is 2. The molecule has 0 radical (unpaired) electrons. The number of benzene rings is 3. The molecular weight excluding hydrogens is 292 g/mol. The standard InChI is InChI=1S/C22H18N2/c1-15-7-6-10-18(13-15)22-23-20-12-11-16(2)14-19(20)21(24-22)17-8-4-3-5-9-17/h3-14H,1-2H3. The number of hydrogen-bond acceptors (Lipinski definition) is 2. The summed E-state index contributed by atoms with van der Waals surface area (Å²) in [7, 11) is 0. The Morgan fingerprint density at radius 2 is 1.38 bits per heavy atom. The normalized spacial score (nSPS) is 10.9. The average Bonchev–Trinajstić information content (AvgIpc) is 2.61.